The van der Waals surface area contributed by atoms with Crippen molar-refractivity contribution in [1.29, 1.82) is 0 Å². The summed E-state index contributed by atoms with van der Waals surface area (Å²) in [6.45, 7) is 8.00. The van der Waals surface area contributed by atoms with Crippen LogP contribution >= 0.6 is 12.2 Å². The van der Waals surface area contributed by atoms with Gasteiger partial charge >= 0.3 is 5.76 Å². The Bertz CT molecular complexity index is 755. The number of ether oxygens (including phenoxy) is 1. The Morgan fingerprint density at radius 2 is 1.71 bits per heavy atom. The van der Waals surface area contributed by atoms with Crippen LogP contribution < -0.4 is 10.5 Å². The minimum absolute atomic E-state index is 0.0474. The maximum Gasteiger partial charge on any atom is 0.427 e. The van der Waals surface area contributed by atoms with Gasteiger partial charge in [0.15, 0.2) is 5.76 Å². The molecule has 1 aromatic heterocycles. The van der Waals surface area contributed by atoms with Crippen LogP contribution in [0, 0.1) is 0 Å². The minimum Gasteiger partial charge on any atom is -0.431 e. The molecular formula is C19H23NO3S. The molecule has 4 nitrogen and oxygen atoms in total. The van der Waals surface area contributed by atoms with Crippen LogP contribution in [0.5, 0.6) is 5.75 Å². The molecule has 24 heavy (non-hydrogen) atoms. The Kier molecular flexibility index (Phi) is 8.50. The molecular weight excluding hydrogens is 322 g/mol. The van der Waals surface area contributed by atoms with E-state index in [1.165, 1.54) is 4.57 Å². The average molecular weight is 345 g/mol. The van der Waals surface area contributed by atoms with Crippen molar-refractivity contribution in [3.05, 3.63) is 64.5 Å². The second-order valence-electron chi connectivity index (χ2n) is 4.17. The first kappa shape index (κ1) is 19.6. The lowest BCUT2D eigenvalue weighted by atomic mass is 10.3. The van der Waals surface area contributed by atoms with E-state index in [2.05, 4.69) is 0 Å². The van der Waals surface area contributed by atoms with Crippen molar-refractivity contribution in [2.45, 2.75) is 34.1 Å². The van der Waals surface area contributed by atoms with Gasteiger partial charge in [0.1, 0.15) is 5.75 Å². The molecule has 0 amide bonds. The van der Waals surface area contributed by atoms with Gasteiger partial charge in [-0.05, 0) is 42.9 Å². The molecule has 0 saturated heterocycles. The minimum atomic E-state index is -0.549. The molecule has 0 bridgehead atoms. The van der Waals surface area contributed by atoms with E-state index in [1.807, 2.05) is 58.0 Å². The van der Waals surface area contributed by atoms with Crippen LogP contribution in [0.25, 0.3) is 12.2 Å². The molecule has 128 valence electrons. The van der Waals surface area contributed by atoms with Gasteiger partial charge in [-0.15, -0.1) is 0 Å². The van der Waals surface area contributed by atoms with Crippen molar-refractivity contribution in [1.82, 2.24) is 4.57 Å². The Morgan fingerprint density at radius 1 is 1.08 bits per heavy atom. The van der Waals surface area contributed by atoms with E-state index in [1.54, 1.807) is 24.3 Å². The highest BCUT2D eigenvalue weighted by molar-refractivity contribution is 7.80. The number of fused-ring (bicyclic) bond motifs is 1. The highest BCUT2D eigenvalue weighted by Crippen LogP contribution is 2.17. The normalized spacial score (nSPS) is 11.2. The standard InChI is InChI=1S/C15H11NO3S.2C2H6/c17-14-16(12-9-5-2-6-10-13(12)19-14)15(20)18-11-7-3-1-4-8-11;2*1-2/h1,3-10H,2H2;2*1-2H3. The van der Waals surface area contributed by atoms with Crippen molar-refractivity contribution < 1.29 is 9.15 Å². The van der Waals surface area contributed by atoms with Crippen LogP contribution in [0.2, 0.25) is 0 Å². The monoisotopic (exact) mass is 345 g/mol. The first-order valence-corrected chi connectivity index (χ1v) is 8.53. The van der Waals surface area contributed by atoms with Crippen molar-refractivity contribution in [2.24, 2.45) is 0 Å². The van der Waals surface area contributed by atoms with Crippen molar-refractivity contribution in [3.8, 4) is 5.75 Å². The van der Waals surface area contributed by atoms with Crippen LogP contribution in [0.1, 0.15) is 45.6 Å². The molecule has 0 unspecified atom stereocenters. The summed E-state index contributed by atoms with van der Waals surface area (Å²) in [5, 5.41) is 0.0474. The second kappa shape index (κ2) is 10.4. The molecule has 0 saturated carbocycles. The number of oxazole rings is 1. The van der Waals surface area contributed by atoms with E-state index >= 15 is 0 Å². The number of para-hydroxylation sites is 1. The van der Waals surface area contributed by atoms with E-state index in [0.717, 1.165) is 6.42 Å². The smallest absolute Gasteiger partial charge is 0.427 e. The number of hydrogen-bond acceptors (Lipinski definition) is 4. The first-order chi connectivity index (χ1) is 11.8. The fraction of sp³-hybridized carbons (Fsp3) is 0.263. The van der Waals surface area contributed by atoms with Gasteiger partial charge in [0.25, 0.3) is 5.17 Å². The lowest BCUT2D eigenvalue weighted by Gasteiger charge is -2.07. The molecule has 0 fully saturated rings. The zero-order valence-corrected chi connectivity index (χ0v) is 15.3. The topological polar surface area (TPSA) is 44.4 Å². The van der Waals surface area contributed by atoms with Crippen LogP contribution in [0.4, 0.5) is 0 Å². The number of rotatable bonds is 1. The van der Waals surface area contributed by atoms with Gasteiger partial charge in [0.2, 0.25) is 0 Å². The summed E-state index contributed by atoms with van der Waals surface area (Å²) in [4.78, 5) is 11.9. The third kappa shape index (κ3) is 4.80. The Morgan fingerprint density at radius 3 is 2.38 bits per heavy atom. The molecule has 1 aromatic carbocycles. The molecule has 0 aliphatic heterocycles. The molecule has 1 aliphatic carbocycles. The summed E-state index contributed by atoms with van der Waals surface area (Å²) >= 11 is 5.20. The third-order valence-electron chi connectivity index (χ3n) is 2.82. The van der Waals surface area contributed by atoms with Crippen LogP contribution in [0.3, 0.4) is 0 Å². The maximum atomic E-state index is 11.9. The highest BCUT2D eigenvalue weighted by atomic mass is 32.1. The zero-order chi connectivity index (χ0) is 17.9. The Hall–Kier alpha value is -2.40. The highest BCUT2D eigenvalue weighted by Gasteiger charge is 2.18. The summed E-state index contributed by atoms with van der Waals surface area (Å²) in [7, 11) is 0. The molecule has 0 atom stereocenters. The summed E-state index contributed by atoms with van der Waals surface area (Å²) in [6, 6.07) is 9.08. The van der Waals surface area contributed by atoms with E-state index in [9.17, 15) is 4.79 Å². The number of allylic oxidation sites excluding steroid dienone is 2. The predicted octanol–water partition coefficient (Wildman–Crippen LogP) is 5.14. The van der Waals surface area contributed by atoms with Crippen molar-refractivity contribution >= 4 is 29.5 Å². The number of aromatic nitrogens is 1. The Balaban J connectivity index is 0.000000671. The first-order valence-electron chi connectivity index (χ1n) is 8.12. The quantitative estimate of drug-likeness (QED) is 0.672. The van der Waals surface area contributed by atoms with E-state index in [-0.39, 0.29) is 5.17 Å². The SMILES string of the molecule is CC.CC.O=c1oc2c(n1C(=S)Oc1ccccc1)C=CCC=C2. The molecule has 0 N–H and O–H groups in total. The van der Waals surface area contributed by atoms with Gasteiger partial charge in [-0.1, -0.05) is 58.0 Å². The number of benzene rings is 1. The van der Waals surface area contributed by atoms with E-state index in [4.69, 9.17) is 21.4 Å². The third-order valence-corrected chi connectivity index (χ3v) is 3.09. The lowest BCUT2D eigenvalue weighted by molar-refractivity contribution is 0.481. The maximum absolute atomic E-state index is 11.9. The Labute approximate surface area is 148 Å². The summed E-state index contributed by atoms with van der Waals surface area (Å²) in [5.74, 6) is 0.516. The summed E-state index contributed by atoms with van der Waals surface area (Å²) in [5.41, 5.74) is 0.602. The van der Waals surface area contributed by atoms with Crippen LogP contribution in [0.15, 0.2) is 51.7 Å². The molecule has 3 rings (SSSR count). The molecule has 0 spiro atoms. The number of nitrogens with zero attached hydrogens (tertiary/aromatic N) is 1. The lowest BCUT2D eigenvalue weighted by Crippen LogP contribution is -2.27. The predicted molar refractivity (Wildman–Crippen MR) is 103 cm³/mol. The zero-order valence-electron chi connectivity index (χ0n) is 14.5. The average Bonchev–Trinajstić information content (AvgIpc) is 2.79. The molecule has 2 aromatic rings. The van der Waals surface area contributed by atoms with Gasteiger partial charge in [0, 0.05) is 0 Å². The largest absolute Gasteiger partial charge is 0.431 e. The van der Waals surface area contributed by atoms with Gasteiger partial charge in [-0.3, -0.25) is 0 Å². The summed E-state index contributed by atoms with van der Waals surface area (Å²) in [6.07, 6.45) is 8.19. The fourth-order valence-corrected chi connectivity index (χ4v) is 2.19. The van der Waals surface area contributed by atoms with Crippen molar-refractivity contribution in [3.63, 3.8) is 0 Å². The second-order valence-corrected chi connectivity index (χ2v) is 4.52. The van der Waals surface area contributed by atoms with E-state index in [0.29, 0.717) is 17.2 Å². The van der Waals surface area contributed by atoms with Gasteiger partial charge in [-0.25, -0.2) is 9.36 Å². The van der Waals surface area contributed by atoms with E-state index < -0.39 is 5.76 Å². The fourth-order valence-electron chi connectivity index (χ4n) is 1.92. The van der Waals surface area contributed by atoms with Gasteiger partial charge < -0.3 is 9.15 Å². The van der Waals surface area contributed by atoms with Crippen molar-refractivity contribution in [2.75, 3.05) is 0 Å². The van der Waals surface area contributed by atoms with Crippen LogP contribution in [-0.2, 0) is 0 Å². The molecule has 5 heteroatoms. The molecule has 0 radical (unpaired) electrons. The number of hydrogen-bond donors (Lipinski definition) is 0. The van der Waals surface area contributed by atoms with Gasteiger partial charge in [0.05, 0.1) is 5.69 Å². The van der Waals surface area contributed by atoms with Crippen LogP contribution in [-0.4, -0.2) is 9.74 Å². The summed E-state index contributed by atoms with van der Waals surface area (Å²) < 4.78 is 12.0. The molecule has 1 heterocycles. The number of thiocarbonyl (C=S) groups is 1. The van der Waals surface area contributed by atoms with Gasteiger partial charge in [-0.2, -0.15) is 0 Å². The molecule has 1 aliphatic rings.